The van der Waals surface area contributed by atoms with Crippen LogP contribution >= 0.6 is 15.9 Å². The number of piperidine rings is 1. The number of amides is 2. The van der Waals surface area contributed by atoms with Crippen molar-refractivity contribution in [3.63, 3.8) is 0 Å². The number of carbonyl (C=O) groups is 2. The van der Waals surface area contributed by atoms with Crippen molar-refractivity contribution in [3.8, 4) is 0 Å². The minimum atomic E-state index is -1.06. The Kier molecular flexibility index (Phi) is 4.88. The van der Waals surface area contributed by atoms with Crippen LogP contribution in [0, 0.1) is 5.92 Å². The van der Waals surface area contributed by atoms with E-state index in [1.54, 1.807) is 17.0 Å². The van der Waals surface area contributed by atoms with Crippen LogP contribution in [0.1, 0.15) is 37.0 Å². The zero-order valence-electron chi connectivity index (χ0n) is 12.1. The molecule has 114 valence electrons. The van der Waals surface area contributed by atoms with Crippen molar-refractivity contribution >= 4 is 33.6 Å². The Labute approximate surface area is 132 Å². The number of carbonyl (C=O) groups excluding carboxylic acids is 1. The van der Waals surface area contributed by atoms with Gasteiger partial charge in [0.25, 0.3) is 0 Å². The van der Waals surface area contributed by atoms with E-state index in [0.717, 1.165) is 17.3 Å². The highest BCUT2D eigenvalue weighted by Crippen LogP contribution is 2.25. The number of hydrogen-bond acceptors (Lipinski definition) is 2. The summed E-state index contributed by atoms with van der Waals surface area (Å²) >= 11 is 3.29. The number of halogens is 1. The van der Waals surface area contributed by atoms with E-state index >= 15 is 0 Å². The van der Waals surface area contributed by atoms with Gasteiger partial charge in [-0.3, -0.25) is 0 Å². The van der Waals surface area contributed by atoms with Crippen LogP contribution in [-0.2, 0) is 0 Å². The first-order valence-corrected chi connectivity index (χ1v) is 7.78. The zero-order valence-corrected chi connectivity index (χ0v) is 13.7. The van der Waals surface area contributed by atoms with Crippen molar-refractivity contribution in [2.24, 2.45) is 5.92 Å². The van der Waals surface area contributed by atoms with Gasteiger partial charge in [-0.2, -0.15) is 0 Å². The normalized spacial score (nSPS) is 22.0. The van der Waals surface area contributed by atoms with Crippen LogP contribution in [0.5, 0.6) is 0 Å². The summed E-state index contributed by atoms with van der Waals surface area (Å²) in [6, 6.07) is 4.66. The lowest BCUT2D eigenvalue weighted by molar-refractivity contribution is 0.0698. The summed E-state index contributed by atoms with van der Waals surface area (Å²) in [6.45, 7) is 4.84. The molecule has 2 amide bonds. The number of nitrogens with zero attached hydrogens (tertiary/aromatic N) is 1. The number of hydrogen-bond donors (Lipinski definition) is 2. The van der Waals surface area contributed by atoms with Crippen LogP contribution in [0.4, 0.5) is 10.5 Å². The fraction of sp³-hybridized carbons (Fsp3) is 0.467. The van der Waals surface area contributed by atoms with Gasteiger partial charge in [-0.25, -0.2) is 9.59 Å². The summed E-state index contributed by atoms with van der Waals surface area (Å²) in [5, 5.41) is 11.9. The summed E-state index contributed by atoms with van der Waals surface area (Å²) in [6.07, 6.45) is 2.08. The van der Waals surface area contributed by atoms with Gasteiger partial charge in [0.15, 0.2) is 0 Å². The SMILES string of the molecule is CC1CCC(C)N(C(=O)Nc2cc(Br)ccc2C(=O)O)C1. The van der Waals surface area contributed by atoms with Crippen LogP contribution in [0.3, 0.4) is 0 Å². The molecule has 0 aliphatic carbocycles. The van der Waals surface area contributed by atoms with Crippen molar-refractivity contribution in [2.45, 2.75) is 32.7 Å². The number of aromatic carboxylic acids is 1. The quantitative estimate of drug-likeness (QED) is 0.848. The number of nitrogens with one attached hydrogen (secondary N) is 1. The van der Waals surface area contributed by atoms with E-state index in [-0.39, 0.29) is 17.6 Å². The minimum Gasteiger partial charge on any atom is -0.478 e. The molecule has 2 rings (SSSR count). The second-order valence-electron chi connectivity index (χ2n) is 5.61. The van der Waals surface area contributed by atoms with Crippen molar-refractivity contribution in [1.29, 1.82) is 0 Å². The summed E-state index contributed by atoms with van der Waals surface area (Å²) in [5.74, 6) is -0.591. The Bertz CT molecular complexity index is 562. The molecule has 1 aliphatic heterocycles. The number of carboxylic acid groups (broad SMARTS) is 1. The Morgan fingerprint density at radius 2 is 2.05 bits per heavy atom. The average Bonchev–Trinajstić information content (AvgIpc) is 2.41. The fourth-order valence-corrected chi connectivity index (χ4v) is 2.93. The standard InChI is InChI=1S/C15H19BrN2O3/c1-9-3-4-10(2)18(8-9)15(21)17-13-7-11(16)5-6-12(13)14(19)20/h5-7,9-10H,3-4,8H2,1-2H3,(H,17,21)(H,19,20). The predicted molar refractivity (Wildman–Crippen MR) is 84.7 cm³/mol. The van der Waals surface area contributed by atoms with Gasteiger partial charge < -0.3 is 15.3 Å². The third kappa shape index (κ3) is 3.75. The molecule has 5 nitrogen and oxygen atoms in total. The summed E-state index contributed by atoms with van der Waals surface area (Å²) in [4.78, 5) is 25.4. The van der Waals surface area contributed by atoms with E-state index in [1.807, 2.05) is 6.92 Å². The van der Waals surface area contributed by atoms with Crippen LogP contribution in [0.15, 0.2) is 22.7 Å². The van der Waals surface area contributed by atoms with Gasteiger partial charge in [0, 0.05) is 17.1 Å². The smallest absolute Gasteiger partial charge is 0.337 e. The van der Waals surface area contributed by atoms with E-state index in [2.05, 4.69) is 28.2 Å². The number of rotatable bonds is 2. The third-order valence-corrected chi connectivity index (χ3v) is 4.33. The number of benzene rings is 1. The maximum Gasteiger partial charge on any atom is 0.337 e. The predicted octanol–water partition coefficient (Wildman–Crippen LogP) is 3.80. The van der Waals surface area contributed by atoms with Crippen molar-refractivity contribution in [2.75, 3.05) is 11.9 Å². The molecule has 1 aromatic rings. The summed E-state index contributed by atoms with van der Waals surface area (Å²) in [5.41, 5.74) is 0.400. The zero-order chi connectivity index (χ0) is 15.6. The van der Waals surface area contributed by atoms with Crippen LogP contribution < -0.4 is 5.32 Å². The molecule has 6 heteroatoms. The molecule has 1 aliphatic rings. The van der Waals surface area contributed by atoms with Crippen LogP contribution in [0.2, 0.25) is 0 Å². The molecule has 1 aromatic carbocycles. The van der Waals surface area contributed by atoms with Gasteiger partial charge in [-0.05, 0) is 43.9 Å². The van der Waals surface area contributed by atoms with Crippen LogP contribution in [0.25, 0.3) is 0 Å². The Morgan fingerprint density at radius 1 is 1.33 bits per heavy atom. The lowest BCUT2D eigenvalue weighted by Crippen LogP contribution is -2.47. The van der Waals surface area contributed by atoms with Gasteiger partial charge in [-0.15, -0.1) is 0 Å². The molecule has 0 bridgehead atoms. The van der Waals surface area contributed by atoms with Crippen molar-refractivity contribution in [3.05, 3.63) is 28.2 Å². The van der Waals surface area contributed by atoms with E-state index < -0.39 is 5.97 Å². The molecular weight excluding hydrogens is 336 g/mol. The van der Waals surface area contributed by atoms with E-state index in [9.17, 15) is 14.7 Å². The van der Waals surface area contributed by atoms with Gasteiger partial charge in [0.1, 0.15) is 0 Å². The highest BCUT2D eigenvalue weighted by Gasteiger charge is 2.27. The Morgan fingerprint density at radius 3 is 2.71 bits per heavy atom. The number of likely N-dealkylation sites (tertiary alicyclic amines) is 1. The molecule has 0 radical (unpaired) electrons. The third-order valence-electron chi connectivity index (χ3n) is 3.83. The first kappa shape index (κ1) is 15.8. The highest BCUT2D eigenvalue weighted by molar-refractivity contribution is 9.10. The second-order valence-corrected chi connectivity index (χ2v) is 6.52. The monoisotopic (exact) mass is 354 g/mol. The van der Waals surface area contributed by atoms with Crippen molar-refractivity contribution in [1.82, 2.24) is 4.90 Å². The lowest BCUT2D eigenvalue weighted by Gasteiger charge is -2.36. The fourth-order valence-electron chi connectivity index (χ4n) is 2.57. The molecular formula is C15H19BrN2O3. The lowest BCUT2D eigenvalue weighted by atomic mass is 9.95. The molecule has 2 atom stereocenters. The van der Waals surface area contributed by atoms with Gasteiger partial charge in [0.05, 0.1) is 11.3 Å². The molecule has 1 fully saturated rings. The molecule has 1 saturated heterocycles. The maximum atomic E-state index is 12.4. The summed E-state index contributed by atoms with van der Waals surface area (Å²) < 4.78 is 0.725. The summed E-state index contributed by atoms with van der Waals surface area (Å²) in [7, 11) is 0. The van der Waals surface area contributed by atoms with E-state index in [0.29, 0.717) is 18.2 Å². The number of urea groups is 1. The number of anilines is 1. The second kappa shape index (κ2) is 6.47. The molecule has 0 aromatic heterocycles. The minimum absolute atomic E-state index is 0.0873. The van der Waals surface area contributed by atoms with Gasteiger partial charge >= 0.3 is 12.0 Å². The molecule has 2 unspecified atom stereocenters. The molecule has 1 heterocycles. The van der Waals surface area contributed by atoms with Crippen molar-refractivity contribution < 1.29 is 14.7 Å². The first-order valence-electron chi connectivity index (χ1n) is 6.99. The first-order chi connectivity index (χ1) is 9.88. The van der Waals surface area contributed by atoms with E-state index in [4.69, 9.17) is 0 Å². The topological polar surface area (TPSA) is 69.6 Å². The maximum absolute atomic E-state index is 12.4. The molecule has 0 spiro atoms. The highest BCUT2D eigenvalue weighted by atomic mass is 79.9. The molecule has 21 heavy (non-hydrogen) atoms. The molecule has 2 N–H and O–H groups in total. The van der Waals surface area contributed by atoms with Gasteiger partial charge in [0.2, 0.25) is 0 Å². The van der Waals surface area contributed by atoms with Gasteiger partial charge in [-0.1, -0.05) is 22.9 Å². The van der Waals surface area contributed by atoms with E-state index in [1.165, 1.54) is 6.07 Å². The Balaban J connectivity index is 2.19. The Hall–Kier alpha value is -1.56. The van der Waals surface area contributed by atoms with Crippen LogP contribution in [-0.4, -0.2) is 34.6 Å². The number of carboxylic acids is 1. The average molecular weight is 355 g/mol. The molecule has 0 saturated carbocycles. The largest absolute Gasteiger partial charge is 0.478 e.